The average Bonchev–Trinajstić information content (AvgIpc) is 2.81. The summed E-state index contributed by atoms with van der Waals surface area (Å²) in [4.78, 5) is 8.10. The Labute approximate surface area is 123 Å². The fourth-order valence-electron chi connectivity index (χ4n) is 2.00. The molecule has 108 valence electrons. The van der Waals surface area contributed by atoms with Crippen LogP contribution in [-0.4, -0.2) is 24.7 Å². The zero-order chi connectivity index (χ0) is 15.0. The summed E-state index contributed by atoms with van der Waals surface area (Å²) in [5.74, 6) is -1.06. The Bertz CT molecular complexity index is 818. The van der Waals surface area contributed by atoms with E-state index in [-0.39, 0.29) is 0 Å². The minimum absolute atomic E-state index is 0.352. The van der Waals surface area contributed by atoms with Gasteiger partial charge in [-0.15, -0.1) is 10.2 Å². The topological polar surface area (TPSA) is 56.5 Å². The number of fused-ring (bicyclic) bond motifs is 1. The lowest BCUT2D eigenvalue weighted by atomic mass is 10.2. The summed E-state index contributed by atoms with van der Waals surface area (Å²) in [5, 5.41) is 9.70. The van der Waals surface area contributed by atoms with Crippen LogP contribution < -0.4 is 0 Å². The van der Waals surface area contributed by atoms with Gasteiger partial charge < -0.3 is 4.57 Å². The predicted molar refractivity (Wildman–Crippen MR) is 74.0 cm³/mol. The molecule has 2 aromatic heterocycles. The number of hydrogen-bond donors (Lipinski definition) is 0. The maximum absolute atomic E-state index is 13.4. The van der Waals surface area contributed by atoms with E-state index in [9.17, 15) is 8.78 Å². The number of halogens is 2. The first-order valence-corrected chi connectivity index (χ1v) is 7.09. The Hall–Kier alpha value is -2.09. The third-order valence-electron chi connectivity index (χ3n) is 3.05. The number of hydrogen-bond acceptors (Lipinski definition) is 5. The Balaban J connectivity index is 2.10. The van der Waals surface area contributed by atoms with Gasteiger partial charge in [-0.2, -0.15) is 0 Å². The zero-order valence-corrected chi connectivity index (χ0v) is 12.2. The van der Waals surface area contributed by atoms with Crippen molar-refractivity contribution in [1.82, 2.24) is 24.7 Å². The van der Waals surface area contributed by atoms with Gasteiger partial charge in [0.2, 0.25) is 0 Å². The van der Waals surface area contributed by atoms with E-state index < -0.39 is 11.6 Å². The summed E-state index contributed by atoms with van der Waals surface area (Å²) in [7, 11) is 0. The molecule has 0 aliphatic carbocycles. The van der Waals surface area contributed by atoms with E-state index in [1.165, 1.54) is 18.1 Å². The van der Waals surface area contributed by atoms with Crippen LogP contribution in [0, 0.1) is 18.6 Å². The van der Waals surface area contributed by atoms with Crippen LogP contribution in [0.4, 0.5) is 8.78 Å². The first kappa shape index (κ1) is 13.9. The third-order valence-corrected chi connectivity index (χ3v) is 4.05. The molecule has 0 fully saturated rings. The van der Waals surface area contributed by atoms with Crippen LogP contribution in [-0.2, 0) is 6.54 Å². The Morgan fingerprint density at radius 2 is 1.90 bits per heavy atom. The highest BCUT2D eigenvalue weighted by Gasteiger charge is 2.14. The van der Waals surface area contributed by atoms with E-state index in [1.54, 1.807) is 0 Å². The largest absolute Gasteiger partial charge is 0.306 e. The number of rotatable bonds is 3. The van der Waals surface area contributed by atoms with Gasteiger partial charge in [0.05, 0.1) is 5.52 Å². The number of aryl methyl sites for hydroxylation is 1. The molecule has 0 bridgehead atoms. The maximum atomic E-state index is 13.4. The van der Waals surface area contributed by atoms with Crippen LogP contribution >= 0.6 is 11.8 Å². The van der Waals surface area contributed by atoms with Gasteiger partial charge in [0.25, 0.3) is 0 Å². The summed E-state index contributed by atoms with van der Waals surface area (Å²) in [6.07, 6.45) is 1.32. The Morgan fingerprint density at radius 1 is 1.14 bits per heavy atom. The quantitative estimate of drug-likeness (QED) is 0.696. The van der Waals surface area contributed by atoms with Crippen LogP contribution in [0.25, 0.3) is 10.9 Å². The van der Waals surface area contributed by atoms with E-state index in [1.807, 2.05) is 18.4 Å². The van der Waals surface area contributed by atoms with Gasteiger partial charge in [-0.3, -0.25) is 0 Å². The second-order valence-electron chi connectivity index (χ2n) is 4.34. The fraction of sp³-hybridized carbons (Fsp3) is 0.231. The molecule has 0 atom stereocenters. The van der Waals surface area contributed by atoms with Crippen molar-refractivity contribution in [3.8, 4) is 0 Å². The molecule has 8 heteroatoms. The summed E-state index contributed by atoms with van der Waals surface area (Å²) in [5.41, 5.74) is 0.352. The van der Waals surface area contributed by atoms with Crippen molar-refractivity contribution in [2.24, 2.45) is 0 Å². The van der Waals surface area contributed by atoms with Crippen molar-refractivity contribution in [3.05, 3.63) is 35.9 Å². The monoisotopic (exact) mass is 307 g/mol. The molecule has 0 amide bonds. The molecule has 0 saturated heterocycles. The van der Waals surface area contributed by atoms with E-state index in [2.05, 4.69) is 20.2 Å². The van der Waals surface area contributed by atoms with E-state index in [0.29, 0.717) is 27.6 Å². The minimum Gasteiger partial charge on any atom is -0.306 e. The van der Waals surface area contributed by atoms with Crippen molar-refractivity contribution >= 4 is 22.7 Å². The van der Waals surface area contributed by atoms with Crippen LogP contribution in [0.5, 0.6) is 0 Å². The number of nitrogens with zero attached hydrogens (tertiary/aromatic N) is 5. The molecule has 2 heterocycles. The summed E-state index contributed by atoms with van der Waals surface area (Å²) >= 11 is 1.25. The van der Waals surface area contributed by atoms with Crippen molar-refractivity contribution in [1.29, 1.82) is 0 Å². The van der Waals surface area contributed by atoms with E-state index in [4.69, 9.17) is 0 Å². The smallest absolute Gasteiger partial charge is 0.197 e. The normalized spacial score (nSPS) is 11.2. The standard InChI is InChI=1S/C13H11F2N5S/c1-3-20-7(2)18-19-13(20)21-12-8-4-9(14)10(15)5-11(8)16-6-17-12/h4-6H,3H2,1-2H3. The molecule has 5 nitrogen and oxygen atoms in total. The van der Waals surface area contributed by atoms with Crippen LogP contribution in [0.15, 0.2) is 28.6 Å². The second kappa shape index (κ2) is 5.36. The van der Waals surface area contributed by atoms with Gasteiger partial charge in [-0.25, -0.2) is 18.7 Å². The number of benzene rings is 1. The maximum Gasteiger partial charge on any atom is 0.197 e. The van der Waals surface area contributed by atoms with E-state index in [0.717, 1.165) is 18.0 Å². The lowest BCUT2D eigenvalue weighted by molar-refractivity contribution is 0.510. The molecule has 21 heavy (non-hydrogen) atoms. The predicted octanol–water partition coefficient (Wildman–Crippen LogP) is 2.98. The molecule has 0 spiro atoms. The van der Waals surface area contributed by atoms with Crippen molar-refractivity contribution in [2.45, 2.75) is 30.6 Å². The molecule has 0 N–H and O–H groups in total. The number of aromatic nitrogens is 5. The van der Waals surface area contributed by atoms with Crippen molar-refractivity contribution in [2.75, 3.05) is 0 Å². The molecule has 3 rings (SSSR count). The average molecular weight is 307 g/mol. The molecule has 0 saturated carbocycles. The summed E-state index contributed by atoms with van der Waals surface area (Å²) < 4.78 is 28.6. The Morgan fingerprint density at radius 3 is 2.67 bits per heavy atom. The van der Waals surface area contributed by atoms with Gasteiger partial charge in [-0.1, -0.05) is 0 Å². The highest BCUT2D eigenvalue weighted by Crippen LogP contribution is 2.31. The van der Waals surface area contributed by atoms with Gasteiger partial charge >= 0.3 is 0 Å². The van der Waals surface area contributed by atoms with Crippen molar-refractivity contribution < 1.29 is 8.78 Å². The van der Waals surface area contributed by atoms with Crippen LogP contribution in [0.2, 0.25) is 0 Å². The molecule has 0 radical (unpaired) electrons. The Kier molecular flexibility index (Phi) is 3.54. The molecule has 1 aromatic carbocycles. The van der Waals surface area contributed by atoms with Crippen molar-refractivity contribution in [3.63, 3.8) is 0 Å². The zero-order valence-electron chi connectivity index (χ0n) is 11.3. The molecular weight excluding hydrogens is 296 g/mol. The van der Waals surface area contributed by atoms with Gasteiger partial charge in [0.15, 0.2) is 16.8 Å². The first-order chi connectivity index (χ1) is 10.1. The van der Waals surface area contributed by atoms with Gasteiger partial charge in [0.1, 0.15) is 17.2 Å². The van der Waals surface area contributed by atoms with Gasteiger partial charge in [0, 0.05) is 18.0 Å². The summed E-state index contributed by atoms with van der Waals surface area (Å²) in [6, 6.07) is 2.17. The molecular formula is C13H11F2N5S. The molecule has 0 aliphatic rings. The van der Waals surface area contributed by atoms with E-state index >= 15 is 0 Å². The fourth-order valence-corrected chi connectivity index (χ4v) is 3.00. The molecule has 0 unspecified atom stereocenters. The lowest BCUT2D eigenvalue weighted by Crippen LogP contribution is -1.99. The summed E-state index contributed by atoms with van der Waals surface area (Å²) in [6.45, 7) is 4.55. The lowest BCUT2D eigenvalue weighted by Gasteiger charge is -2.06. The third kappa shape index (κ3) is 2.46. The second-order valence-corrected chi connectivity index (χ2v) is 5.29. The first-order valence-electron chi connectivity index (χ1n) is 6.27. The van der Waals surface area contributed by atoms with Crippen LogP contribution in [0.1, 0.15) is 12.7 Å². The minimum atomic E-state index is -0.926. The SMILES string of the molecule is CCn1c(C)nnc1Sc1ncnc2cc(F)c(F)cc12. The molecule has 3 aromatic rings. The van der Waals surface area contributed by atoms with Crippen LogP contribution in [0.3, 0.4) is 0 Å². The van der Waals surface area contributed by atoms with Gasteiger partial charge in [-0.05, 0) is 31.7 Å². The highest BCUT2D eigenvalue weighted by atomic mass is 32.2. The highest BCUT2D eigenvalue weighted by molar-refractivity contribution is 7.99. The molecule has 0 aliphatic heterocycles.